The topological polar surface area (TPSA) is 51.8 Å². The summed E-state index contributed by atoms with van der Waals surface area (Å²) in [5.41, 5.74) is 6.41. The molecule has 0 saturated carbocycles. The molecule has 0 radical (unpaired) electrons. The number of anilines is 1. The molecule has 0 bridgehead atoms. The van der Waals surface area contributed by atoms with Gasteiger partial charge in [0.05, 0.1) is 10.6 Å². The molecule has 13 heavy (non-hydrogen) atoms. The number of rotatable bonds is 1. The molecule has 0 fully saturated rings. The molecule has 0 unspecified atom stereocenters. The summed E-state index contributed by atoms with van der Waals surface area (Å²) in [6.45, 7) is 0. The maximum Gasteiger partial charge on any atom is 0.180 e. The van der Waals surface area contributed by atoms with Crippen molar-refractivity contribution in [3.05, 3.63) is 29.0 Å². The monoisotopic (exact) mass is 255 g/mol. The van der Waals surface area contributed by atoms with E-state index in [-0.39, 0.29) is 0 Å². The highest BCUT2D eigenvalue weighted by Crippen LogP contribution is 2.26. The van der Waals surface area contributed by atoms with E-state index in [0.717, 1.165) is 15.2 Å². The van der Waals surface area contributed by atoms with Gasteiger partial charge in [0.25, 0.3) is 0 Å². The van der Waals surface area contributed by atoms with Gasteiger partial charge in [-0.2, -0.15) is 0 Å². The zero-order valence-corrected chi connectivity index (χ0v) is 8.97. The van der Waals surface area contributed by atoms with Crippen LogP contribution in [0, 0.1) is 0 Å². The number of halogens is 1. The highest BCUT2D eigenvalue weighted by Gasteiger charge is 2.03. The highest BCUT2D eigenvalue weighted by molar-refractivity contribution is 9.10. The first-order valence-corrected chi connectivity index (χ1v) is 5.21. The zero-order chi connectivity index (χ0) is 9.26. The van der Waals surface area contributed by atoms with Crippen molar-refractivity contribution in [1.82, 2.24) is 9.97 Å². The third kappa shape index (κ3) is 1.87. The van der Waals surface area contributed by atoms with E-state index in [4.69, 9.17) is 5.73 Å². The third-order valence-corrected chi connectivity index (χ3v) is 2.78. The van der Waals surface area contributed by atoms with Gasteiger partial charge in [-0.3, -0.25) is 0 Å². The molecule has 3 nitrogen and oxygen atoms in total. The first kappa shape index (κ1) is 8.65. The maximum atomic E-state index is 5.52. The Bertz CT molecular complexity index is 427. The van der Waals surface area contributed by atoms with Crippen molar-refractivity contribution in [2.45, 2.75) is 0 Å². The summed E-state index contributed by atoms with van der Waals surface area (Å²) in [6, 6.07) is 5.74. The van der Waals surface area contributed by atoms with E-state index in [1.165, 1.54) is 11.3 Å². The Kier molecular flexibility index (Phi) is 2.28. The number of nitrogen functional groups attached to an aromatic ring is 1. The number of aromatic nitrogens is 2. The second kappa shape index (κ2) is 3.43. The van der Waals surface area contributed by atoms with E-state index >= 15 is 0 Å². The molecule has 0 aliphatic heterocycles. The Morgan fingerprint density at radius 3 is 2.85 bits per heavy atom. The number of hydrogen-bond acceptors (Lipinski definition) is 4. The predicted molar refractivity (Wildman–Crippen MR) is 57.5 cm³/mol. The summed E-state index contributed by atoms with van der Waals surface area (Å²) in [5, 5.41) is 0.566. The third-order valence-electron chi connectivity index (χ3n) is 1.49. The molecule has 2 rings (SSSR count). The van der Waals surface area contributed by atoms with Gasteiger partial charge in [0, 0.05) is 6.20 Å². The molecule has 0 aromatic carbocycles. The van der Waals surface area contributed by atoms with Crippen molar-refractivity contribution in [2.24, 2.45) is 0 Å². The van der Waals surface area contributed by atoms with E-state index in [1.54, 1.807) is 6.20 Å². The van der Waals surface area contributed by atoms with Crippen LogP contribution in [0.1, 0.15) is 0 Å². The van der Waals surface area contributed by atoms with E-state index in [2.05, 4.69) is 25.9 Å². The van der Waals surface area contributed by atoms with Gasteiger partial charge in [-0.15, -0.1) is 0 Å². The number of nitrogens with two attached hydrogens (primary N) is 1. The van der Waals surface area contributed by atoms with Crippen LogP contribution in [0.3, 0.4) is 0 Å². The van der Waals surface area contributed by atoms with Gasteiger partial charge in [0.15, 0.2) is 5.13 Å². The summed E-state index contributed by atoms with van der Waals surface area (Å²) >= 11 is 4.74. The first-order valence-electron chi connectivity index (χ1n) is 3.60. The summed E-state index contributed by atoms with van der Waals surface area (Å²) in [4.78, 5) is 9.24. The smallest absolute Gasteiger partial charge is 0.180 e. The maximum absolute atomic E-state index is 5.52. The number of nitrogens with zero attached hydrogens (tertiary/aromatic N) is 2. The summed E-state index contributed by atoms with van der Waals surface area (Å²) in [5.74, 6) is 0. The fourth-order valence-corrected chi connectivity index (χ4v) is 1.95. The van der Waals surface area contributed by atoms with Gasteiger partial charge < -0.3 is 5.73 Å². The van der Waals surface area contributed by atoms with Crippen molar-refractivity contribution in [2.75, 3.05) is 5.73 Å². The number of thiazole rings is 1. The molecule has 2 aromatic rings. The average Bonchev–Trinajstić information content (AvgIpc) is 2.52. The van der Waals surface area contributed by atoms with Crippen LogP contribution in [0.4, 0.5) is 5.13 Å². The standard InChI is InChI=1S/C8H6BrN3S/c9-7-3-1-2-5(12-7)6-4-11-8(10)13-6/h1-4H,(H2,10,11). The molecule has 2 aromatic heterocycles. The SMILES string of the molecule is Nc1ncc(-c2cccc(Br)n2)s1. The van der Waals surface area contributed by atoms with Crippen LogP contribution in [0.15, 0.2) is 29.0 Å². The van der Waals surface area contributed by atoms with E-state index in [9.17, 15) is 0 Å². The Morgan fingerprint density at radius 1 is 1.38 bits per heavy atom. The zero-order valence-electron chi connectivity index (χ0n) is 6.57. The molecule has 5 heteroatoms. The second-order valence-electron chi connectivity index (χ2n) is 2.41. The minimum absolute atomic E-state index is 0.566. The van der Waals surface area contributed by atoms with Crippen LogP contribution < -0.4 is 5.73 Å². The normalized spacial score (nSPS) is 10.2. The molecule has 0 aliphatic rings. The second-order valence-corrected chi connectivity index (χ2v) is 4.28. The fourth-order valence-electron chi connectivity index (χ4n) is 0.952. The quantitative estimate of drug-likeness (QED) is 0.797. The number of pyridine rings is 1. The molecular weight excluding hydrogens is 250 g/mol. The summed E-state index contributed by atoms with van der Waals surface area (Å²) < 4.78 is 0.817. The van der Waals surface area contributed by atoms with Gasteiger partial charge in [0.2, 0.25) is 0 Å². The van der Waals surface area contributed by atoms with Crippen LogP contribution >= 0.6 is 27.3 Å². The Labute approximate surface area is 87.8 Å². The minimum atomic E-state index is 0.566. The van der Waals surface area contributed by atoms with Gasteiger partial charge in [-0.25, -0.2) is 9.97 Å². The largest absolute Gasteiger partial charge is 0.375 e. The molecule has 0 amide bonds. The Morgan fingerprint density at radius 2 is 2.23 bits per heavy atom. The van der Waals surface area contributed by atoms with Gasteiger partial charge in [-0.1, -0.05) is 17.4 Å². The van der Waals surface area contributed by atoms with Crippen LogP contribution in [0.5, 0.6) is 0 Å². The van der Waals surface area contributed by atoms with Crippen LogP contribution in [0.25, 0.3) is 10.6 Å². The lowest BCUT2D eigenvalue weighted by molar-refractivity contribution is 1.28. The van der Waals surface area contributed by atoms with E-state index in [0.29, 0.717) is 5.13 Å². The highest BCUT2D eigenvalue weighted by atomic mass is 79.9. The van der Waals surface area contributed by atoms with Crippen molar-refractivity contribution in [3.8, 4) is 10.6 Å². The summed E-state index contributed by atoms with van der Waals surface area (Å²) in [6.07, 6.45) is 1.73. The molecule has 0 atom stereocenters. The summed E-state index contributed by atoms with van der Waals surface area (Å²) in [7, 11) is 0. The van der Waals surface area contributed by atoms with E-state index in [1.807, 2.05) is 18.2 Å². The molecule has 0 saturated heterocycles. The van der Waals surface area contributed by atoms with Crippen molar-refractivity contribution in [3.63, 3.8) is 0 Å². The lowest BCUT2D eigenvalue weighted by Gasteiger charge is -1.94. The van der Waals surface area contributed by atoms with Crippen molar-refractivity contribution >= 4 is 32.4 Å². The molecule has 0 aliphatic carbocycles. The van der Waals surface area contributed by atoms with Crippen molar-refractivity contribution in [1.29, 1.82) is 0 Å². The first-order chi connectivity index (χ1) is 6.25. The average molecular weight is 256 g/mol. The van der Waals surface area contributed by atoms with Gasteiger partial charge >= 0.3 is 0 Å². The molecular formula is C8H6BrN3S. The van der Waals surface area contributed by atoms with Crippen LogP contribution in [-0.2, 0) is 0 Å². The lowest BCUT2D eigenvalue weighted by atomic mass is 10.3. The predicted octanol–water partition coefficient (Wildman–Crippen LogP) is 2.55. The van der Waals surface area contributed by atoms with Gasteiger partial charge in [0.1, 0.15) is 4.60 Å². The minimum Gasteiger partial charge on any atom is -0.375 e. The number of hydrogen-bond donors (Lipinski definition) is 1. The molecule has 2 N–H and O–H groups in total. The van der Waals surface area contributed by atoms with Crippen LogP contribution in [-0.4, -0.2) is 9.97 Å². The molecule has 0 spiro atoms. The van der Waals surface area contributed by atoms with Crippen LogP contribution in [0.2, 0.25) is 0 Å². The van der Waals surface area contributed by atoms with Crippen molar-refractivity contribution < 1.29 is 0 Å². The van der Waals surface area contributed by atoms with E-state index < -0.39 is 0 Å². The fraction of sp³-hybridized carbons (Fsp3) is 0. The Balaban J connectivity index is 2.46. The Hall–Kier alpha value is -0.940. The molecule has 2 heterocycles. The lowest BCUT2D eigenvalue weighted by Crippen LogP contribution is -1.79. The molecule has 66 valence electrons. The van der Waals surface area contributed by atoms with Gasteiger partial charge in [-0.05, 0) is 28.1 Å².